The van der Waals surface area contributed by atoms with Crippen LogP contribution in [0.2, 0.25) is 0 Å². The standard InChI is InChI=1S/C21H32N2O2.ClH/c1-16-5-8-20(14-17(16)2)25-13-3-4-21(24)23-11-9-19(10-12-23)22-15-18-6-7-18;/h5,8,14,18-19,22H,3-4,6-7,9-13,15H2,1-2H3;1H. The van der Waals surface area contributed by atoms with Crippen LogP contribution in [-0.4, -0.2) is 43.1 Å². The molecule has 146 valence electrons. The second-order valence-corrected chi connectivity index (χ2v) is 7.70. The average molecular weight is 381 g/mol. The van der Waals surface area contributed by atoms with Gasteiger partial charge in [0.25, 0.3) is 0 Å². The number of hydrogen-bond acceptors (Lipinski definition) is 3. The summed E-state index contributed by atoms with van der Waals surface area (Å²) in [5.74, 6) is 2.11. The quantitative estimate of drug-likeness (QED) is 0.696. The van der Waals surface area contributed by atoms with Crippen LogP contribution in [0, 0.1) is 19.8 Å². The molecule has 5 heteroatoms. The SMILES string of the molecule is Cc1ccc(OCCCC(=O)N2CCC(NCC3CC3)CC2)cc1C.Cl. The van der Waals surface area contributed by atoms with Gasteiger partial charge in [-0.05, 0) is 81.7 Å². The van der Waals surface area contributed by atoms with Gasteiger partial charge in [0, 0.05) is 25.6 Å². The van der Waals surface area contributed by atoms with Crippen molar-refractivity contribution in [2.75, 3.05) is 26.2 Å². The highest BCUT2D eigenvalue weighted by Gasteiger charge is 2.25. The molecule has 26 heavy (non-hydrogen) atoms. The zero-order valence-corrected chi connectivity index (χ0v) is 16.9. The fourth-order valence-electron chi connectivity index (χ4n) is 3.36. The summed E-state index contributed by atoms with van der Waals surface area (Å²) in [6.07, 6.45) is 6.36. The number of hydrogen-bond donors (Lipinski definition) is 1. The minimum Gasteiger partial charge on any atom is -0.494 e. The van der Waals surface area contributed by atoms with Gasteiger partial charge in [-0.3, -0.25) is 4.79 Å². The Morgan fingerprint density at radius 2 is 1.88 bits per heavy atom. The first-order valence-electron chi connectivity index (χ1n) is 9.83. The lowest BCUT2D eigenvalue weighted by Crippen LogP contribution is -2.45. The molecular formula is C21H33ClN2O2. The molecular weight excluding hydrogens is 348 g/mol. The van der Waals surface area contributed by atoms with E-state index in [9.17, 15) is 4.79 Å². The lowest BCUT2D eigenvalue weighted by atomic mass is 10.0. The van der Waals surface area contributed by atoms with Crippen LogP contribution >= 0.6 is 12.4 Å². The highest BCUT2D eigenvalue weighted by atomic mass is 35.5. The molecule has 4 nitrogen and oxygen atoms in total. The van der Waals surface area contributed by atoms with Crippen LogP contribution < -0.4 is 10.1 Å². The molecule has 1 N–H and O–H groups in total. The summed E-state index contributed by atoms with van der Waals surface area (Å²) in [4.78, 5) is 14.4. The fraction of sp³-hybridized carbons (Fsp3) is 0.667. The summed E-state index contributed by atoms with van der Waals surface area (Å²) in [5, 5.41) is 3.66. The molecule has 0 aromatic heterocycles. The topological polar surface area (TPSA) is 41.6 Å². The van der Waals surface area contributed by atoms with Gasteiger partial charge in [0.1, 0.15) is 5.75 Å². The number of likely N-dealkylation sites (tertiary alicyclic amines) is 1. The van der Waals surface area contributed by atoms with E-state index in [0.717, 1.165) is 44.0 Å². The molecule has 3 rings (SSSR count). The number of nitrogens with zero attached hydrogens (tertiary/aromatic N) is 1. The van der Waals surface area contributed by atoms with E-state index in [1.807, 2.05) is 11.0 Å². The van der Waals surface area contributed by atoms with Crippen LogP contribution in [-0.2, 0) is 4.79 Å². The number of piperidine rings is 1. The maximum Gasteiger partial charge on any atom is 0.222 e. The monoisotopic (exact) mass is 380 g/mol. The third-order valence-electron chi connectivity index (χ3n) is 5.52. The average Bonchev–Trinajstić information content (AvgIpc) is 3.44. The van der Waals surface area contributed by atoms with Gasteiger partial charge < -0.3 is 15.0 Å². The number of rotatable bonds is 8. The third kappa shape index (κ3) is 6.48. The van der Waals surface area contributed by atoms with Crippen molar-refractivity contribution in [2.45, 2.75) is 58.4 Å². The summed E-state index contributed by atoms with van der Waals surface area (Å²) in [7, 11) is 0. The molecule has 0 atom stereocenters. The first kappa shape index (κ1) is 21.0. The molecule has 1 aromatic carbocycles. The number of nitrogens with one attached hydrogen (secondary N) is 1. The second kappa shape index (κ2) is 10.2. The van der Waals surface area contributed by atoms with E-state index in [-0.39, 0.29) is 18.3 Å². The highest BCUT2D eigenvalue weighted by molar-refractivity contribution is 5.85. The third-order valence-corrected chi connectivity index (χ3v) is 5.52. The van der Waals surface area contributed by atoms with Crippen molar-refractivity contribution in [1.29, 1.82) is 0 Å². The number of aryl methyl sites for hydroxylation is 2. The largest absolute Gasteiger partial charge is 0.494 e. The second-order valence-electron chi connectivity index (χ2n) is 7.70. The molecule has 1 amide bonds. The van der Waals surface area contributed by atoms with Gasteiger partial charge in [-0.2, -0.15) is 0 Å². The van der Waals surface area contributed by atoms with E-state index in [4.69, 9.17) is 4.74 Å². The molecule has 1 heterocycles. The fourth-order valence-corrected chi connectivity index (χ4v) is 3.36. The lowest BCUT2D eigenvalue weighted by molar-refractivity contribution is -0.132. The predicted molar refractivity (Wildman–Crippen MR) is 108 cm³/mol. The van der Waals surface area contributed by atoms with Crippen LogP contribution in [0.1, 0.15) is 49.7 Å². The normalized spacial score (nSPS) is 17.7. The van der Waals surface area contributed by atoms with Gasteiger partial charge in [0.15, 0.2) is 0 Å². The Labute approximate surface area is 164 Å². The number of carbonyl (C=O) groups is 1. The zero-order chi connectivity index (χ0) is 17.6. The summed E-state index contributed by atoms with van der Waals surface area (Å²) in [6, 6.07) is 6.76. The van der Waals surface area contributed by atoms with Crippen LogP contribution in [0.15, 0.2) is 18.2 Å². The molecule has 1 aliphatic heterocycles. The number of carbonyl (C=O) groups excluding carboxylic acids is 1. The zero-order valence-electron chi connectivity index (χ0n) is 16.1. The Kier molecular flexibility index (Phi) is 8.23. The van der Waals surface area contributed by atoms with E-state index in [1.54, 1.807) is 0 Å². The molecule has 1 saturated heterocycles. The van der Waals surface area contributed by atoms with Crippen molar-refractivity contribution in [3.8, 4) is 5.75 Å². The van der Waals surface area contributed by atoms with E-state index in [1.165, 1.54) is 30.5 Å². The first-order chi connectivity index (χ1) is 12.1. The van der Waals surface area contributed by atoms with Gasteiger partial charge in [-0.25, -0.2) is 0 Å². The Balaban J connectivity index is 0.00000243. The van der Waals surface area contributed by atoms with Crippen molar-refractivity contribution in [3.05, 3.63) is 29.3 Å². The molecule has 1 saturated carbocycles. The molecule has 0 radical (unpaired) electrons. The van der Waals surface area contributed by atoms with Crippen molar-refractivity contribution in [1.82, 2.24) is 10.2 Å². The Hall–Kier alpha value is -1.26. The number of halogens is 1. The molecule has 0 unspecified atom stereocenters. The predicted octanol–water partition coefficient (Wildman–Crippen LogP) is 3.87. The number of amides is 1. The lowest BCUT2D eigenvalue weighted by Gasteiger charge is -2.32. The van der Waals surface area contributed by atoms with Crippen LogP contribution in [0.25, 0.3) is 0 Å². The Bertz CT molecular complexity index is 581. The maximum atomic E-state index is 12.3. The van der Waals surface area contributed by atoms with Crippen molar-refractivity contribution in [2.24, 2.45) is 5.92 Å². The van der Waals surface area contributed by atoms with E-state index in [0.29, 0.717) is 19.1 Å². The molecule has 0 bridgehead atoms. The van der Waals surface area contributed by atoms with Crippen LogP contribution in [0.3, 0.4) is 0 Å². The van der Waals surface area contributed by atoms with E-state index >= 15 is 0 Å². The molecule has 0 spiro atoms. The van der Waals surface area contributed by atoms with Gasteiger partial charge in [0.2, 0.25) is 5.91 Å². The summed E-state index contributed by atoms with van der Waals surface area (Å²) < 4.78 is 5.78. The minimum atomic E-state index is 0. The van der Waals surface area contributed by atoms with E-state index < -0.39 is 0 Å². The Morgan fingerprint density at radius 3 is 2.54 bits per heavy atom. The van der Waals surface area contributed by atoms with Crippen molar-refractivity contribution < 1.29 is 9.53 Å². The van der Waals surface area contributed by atoms with Crippen molar-refractivity contribution >= 4 is 18.3 Å². The Morgan fingerprint density at radius 1 is 1.15 bits per heavy atom. The van der Waals surface area contributed by atoms with Crippen molar-refractivity contribution in [3.63, 3.8) is 0 Å². The molecule has 2 fully saturated rings. The van der Waals surface area contributed by atoms with Crippen LogP contribution in [0.5, 0.6) is 5.75 Å². The molecule has 1 aromatic rings. The smallest absolute Gasteiger partial charge is 0.222 e. The minimum absolute atomic E-state index is 0. The van der Waals surface area contributed by atoms with Crippen LogP contribution in [0.4, 0.5) is 0 Å². The molecule has 1 aliphatic carbocycles. The first-order valence-corrected chi connectivity index (χ1v) is 9.83. The highest BCUT2D eigenvalue weighted by Crippen LogP contribution is 2.28. The molecule has 2 aliphatic rings. The van der Waals surface area contributed by atoms with Gasteiger partial charge in [-0.1, -0.05) is 6.07 Å². The summed E-state index contributed by atoms with van der Waals surface area (Å²) >= 11 is 0. The van der Waals surface area contributed by atoms with Gasteiger partial charge in [-0.15, -0.1) is 12.4 Å². The number of benzene rings is 1. The van der Waals surface area contributed by atoms with Gasteiger partial charge >= 0.3 is 0 Å². The summed E-state index contributed by atoms with van der Waals surface area (Å²) in [6.45, 7) is 7.78. The number of ether oxygens (including phenoxy) is 1. The maximum absolute atomic E-state index is 12.3. The summed E-state index contributed by atoms with van der Waals surface area (Å²) in [5.41, 5.74) is 2.52. The van der Waals surface area contributed by atoms with E-state index in [2.05, 4.69) is 31.3 Å². The van der Waals surface area contributed by atoms with Gasteiger partial charge in [0.05, 0.1) is 6.61 Å².